The minimum Gasteiger partial charge on any atom is -0.383 e. The van der Waals surface area contributed by atoms with Gasteiger partial charge in [0.05, 0.1) is 5.52 Å². The smallest absolute Gasteiger partial charge is 0.165 e. The standard InChI is InChI=1S/C17H13F2NO/c1-10-7-8-12(15(19)14(10)18)17(21)13-6-2-4-11-5-3-9-20-16(11)13/h2-9,17,21H,1H3. The van der Waals surface area contributed by atoms with E-state index >= 15 is 0 Å². The molecule has 3 rings (SSSR count). The zero-order valence-corrected chi connectivity index (χ0v) is 11.3. The second kappa shape index (κ2) is 5.22. The Hall–Kier alpha value is -2.33. The van der Waals surface area contributed by atoms with E-state index in [1.54, 1.807) is 24.4 Å². The molecule has 2 nitrogen and oxygen atoms in total. The molecule has 0 amide bonds. The van der Waals surface area contributed by atoms with E-state index in [0.29, 0.717) is 11.1 Å². The first-order valence-corrected chi connectivity index (χ1v) is 6.56. The van der Waals surface area contributed by atoms with Crippen molar-refractivity contribution in [2.75, 3.05) is 0 Å². The molecular weight excluding hydrogens is 272 g/mol. The minimum atomic E-state index is -1.27. The number of benzene rings is 2. The number of aliphatic hydroxyl groups excluding tert-OH is 1. The predicted octanol–water partition coefficient (Wildman–Crippen LogP) is 3.90. The van der Waals surface area contributed by atoms with Crippen molar-refractivity contribution in [3.63, 3.8) is 0 Å². The van der Waals surface area contributed by atoms with Gasteiger partial charge in [0, 0.05) is 22.7 Å². The molecular formula is C17H13F2NO. The van der Waals surface area contributed by atoms with Gasteiger partial charge in [0.1, 0.15) is 6.10 Å². The van der Waals surface area contributed by atoms with Gasteiger partial charge in [-0.25, -0.2) is 8.78 Å². The highest BCUT2D eigenvalue weighted by atomic mass is 19.2. The topological polar surface area (TPSA) is 33.1 Å². The predicted molar refractivity (Wildman–Crippen MR) is 76.9 cm³/mol. The van der Waals surface area contributed by atoms with Gasteiger partial charge in [0.15, 0.2) is 11.6 Å². The highest BCUT2D eigenvalue weighted by Gasteiger charge is 2.21. The molecule has 0 aliphatic carbocycles. The molecule has 3 aromatic rings. The van der Waals surface area contributed by atoms with Gasteiger partial charge in [-0.2, -0.15) is 0 Å². The fraction of sp³-hybridized carbons (Fsp3) is 0.118. The number of hydrogen-bond donors (Lipinski definition) is 1. The zero-order chi connectivity index (χ0) is 15.0. The lowest BCUT2D eigenvalue weighted by Gasteiger charge is -2.15. The van der Waals surface area contributed by atoms with Gasteiger partial charge in [-0.1, -0.05) is 36.4 Å². The Morgan fingerprint density at radius 1 is 0.952 bits per heavy atom. The number of aromatic nitrogens is 1. The van der Waals surface area contributed by atoms with Crippen molar-refractivity contribution in [1.29, 1.82) is 0 Å². The number of nitrogens with zero attached hydrogens (tertiary/aromatic N) is 1. The molecule has 0 aliphatic heterocycles. The van der Waals surface area contributed by atoms with Crippen molar-refractivity contribution in [2.24, 2.45) is 0 Å². The van der Waals surface area contributed by atoms with Crippen molar-refractivity contribution < 1.29 is 13.9 Å². The first kappa shape index (κ1) is 13.6. The first-order valence-electron chi connectivity index (χ1n) is 6.56. The highest BCUT2D eigenvalue weighted by molar-refractivity contribution is 5.82. The van der Waals surface area contributed by atoms with Crippen LogP contribution in [0.3, 0.4) is 0 Å². The molecule has 4 heteroatoms. The quantitative estimate of drug-likeness (QED) is 0.774. The van der Waals surface area contributed by atoms with Crippen LogP contribution in [0.4, 0.5) is 8.78 Å². The normalized spacial score (nSPS) is 12.6. The summed E-state index contributed by atoms with van der Waals surface area (Å²) in [5, 5.41) is 11.3. The average Bonchev–Trinajstić information content (AvgIpc) is 2.51. The Kier molecular flexibility index (Phi) is 3.39. The molecule has 0 saturated carbocycles. The minimum absolute atomic E-state index is 0.0868. The second-order valence-corrected chi connectivity index (χ2v) is 4.92. The summed E-state index contributed by atoms with van der Waals surface area (Å²) in [6.07, 6.45) is 0.337. The van der Waals surface area contributed by atoms with Gasteiger partial charge in [0.2, 0.25) is 0 Å². The van der Waals surface area contributed by atoms with Crippen LogP contribution in [0.2, 0.25) is 0 Å². The van der Waals surface area contributed by atoms with Crippen LogP contribution < -0.4 is 0 Å². The number of fused-ring (bicyclic) bond motifs is 1. The summed E-state index contributed by atoms with van der Waals surface area (Å²) in [4.78, 5) is 4.22. The van der Waals surface area contributed by atoms with E-state index in [9.17, 15) is 13.9 Å². The number of halogens is 2. The fourth-order valence-corrected chi connectivity index (χ4v) is 2.39. The van der Waals surface area contributed by atoms with Crippen LogP contribution in [-0.2, 0) is 0 Å². The maximum Gasteiger partial charge on any atom is 0.165 e. The van der Waals surface area contributed by atoms with Crippen LogP contribution in [0.25, 0.3) is 10.9 Å². The van der Waals surface area contributed by atoms with Gasteiger partial charge < -0.3 is 5.11 Å². The molecule has 21 heavy (non-hydrogen) atoms. The van der Waals surface area contributed by atoms with Crippen LogP contribution in [0.1, 0.15) is 22.8 Å². The molecule has 0 aliphatic rings. The summed E-state index contributed by atoms with van der Waals surface area (Å²) in [5.41, 5.74) is 1.15. The monoisotopic (exact) mass is 285 g/mol. The van der Waals surface area contributed by atoms with E-state index in [0.717, 1.165) is 5.39 Å². The van der Waals surface area contributed by atoms with E-state index < -0.39 is 17.7 Å². The third-order valence-corrected chi connectivity index (χ3v) is 3.56. The lowest BCUT2D eigenvalue weighted by molar-refractivity contribution is 0.214. The Bertz CT molecular complexity index is 812. The molecule has 106 valence electrons. The van der Waals surface area contributed by atoms with Crippen molar-refractivity contribution in [3.05, 3.63) is 77.0 Å². The van der Waals surface area contributed by atoms with Crippen molar-refractivity contribution in [3.8, 4) is 0 Å². The molecule has 1 unspecified atom stereocenters. The Balaban J connectivity index is 2.17. The summed E-state index contributed by atoms with van der Waals surface area (Å²) >= 11 is 0. The average molecular weight is 285 g/mol. The number of pyridine rings is 1. The summed E-state index contributed by atoms with van der Waals surface area (Å²) in [6.45, 7) is 1.48. The van der Waals surface area contributed by atoms with Gasteiger partial charge in [-0.05, 0) is 18.6 Å². The van der Waals surface area contributed by atoms with E-state index in [4.69, 9.17) is 0 Å². The molecule has 0 saturated heterocycles. The third-order valence-electron chi connectivity index (χ3n) is 3.56. The summed E-state index contributed by atoms with van der Waals surface area (Å²) < 4.78 is 27.7. The molecule has 0 bridgehead atoms. The van der Waals surface area contributed by atoms with Gasteiger partial charge >= 0.3 is 0 Å². The largest absolute Gasteiger partial charge is 0.383 e. The third kappa shape index (κ3) is 2.28. The second-order valence-electron chi connectivity index (χ2n) is 4.92. The highest BCUT2D eigenvalue weighted by Crippen LogP contribution is 2.30. The molecule has 1 N–H and O–H groups in total. The molecule has 2 aromatic carbocycles. The first-order chi connectivity index (χ1) is 10.1. The van der Waals surface area contributed by atoms with Crippen LogP contribution in [0.5, 0.6) is 0 Å². The maximum absolute atomic E-state index is 14.0. The molecule has 0 radical (unpaired) electrons. The number of para-hydroxylation sites is 1. The van der Waals surface area contributed by atoms with Crippen LogP contribution in [0.15, 0.2) is 48.7 Å². The number of rotatable bonds is 2. The van der Waals surface area contributed by atoms with Crippen LogP contribution in [0, 0.1) is 18.6 Å². The Morgan fingerprint density at radius 3 is 2.52 bits per heavy atom. The maximum atomic E-state index is 14.0. The lowest BCUT2D eigenvalue weighted by Crippen LogP contribution is -2.06. The van der Waals surface area contributed by atoms with Gasteiger partial charge in [-0.15, -0.1) is 0 Å². The van der Waals surface area contributed by atoms with E-state index in [1.807, 2.05) is 12.1 Å². The summed E-state index contributed by atoms with van der Waals surface area (Å²) in [5.74, 6) is -1.95. The fourth-order valence-electron chi connectivity index (χ4n) is 2.39. The summed E-state index contributed by atoms with van der Waals surface area (Å²) in [7, 11) is 0. The van der Waals surface area contributed by atoms with Gasteiger partial charge in [-0.3, -0.25) is 4.98 Å². The van der Waals surface area contributed by atoms with Crippen LogP contribution in [-0.4, -0.2) is 10.1 Å². The van der Waals surface area contributed by atoms with Crippen molar-refractivity contribution >= 4 is 10.9 Å². The Morgan fingerprint density at radius 2 is 1.71 bits per heavy atom. The molecule has 1 aromatic heterocycles. The summed E-state index contributed by atoms with van der Waals surface area (Å²) in [6, 6.07) is 11.8. The van der Waals surface area contributed by atoms with Crippen molar-refractivity contribution in [2.45, 2.75) is 13.0 Å². The van der Waals surface area contributed by atoms with E-state index in [2.05, 4.69) is 4.98 Å². The molecule has 1 heterocycles. The zero-order valence-electron chi connectivity index (χ0n) is 11.3. The lowest BCUT2D eigenvalue weighted by atomic mass is 9.97. The van der Waals surface area contributed by atoms with Gasteiger partial charge in [0.25, 0.3) is 0 Å². The SMILES string of the molecule is Cc1ccc(C(O)c2cccc3cccnc23)c(F)c1F. The van der Waals surface area contributed by atoms with E-state index in [1.165, 1.54) is 19.1 Å². The molecule has 1 atom stereocenters. The Labute approximate surface area is 120 Å². The number of hydrogen-bond acceptors (Lipinski definition) is 2. The van der Waals surface area contributed by atoms with Crippen molar-refractivity contribution in [1.82, 2.24) is 4.98 Å². The van der Waals surface area contributed by atoms with E-state index in [-0.39, 0.29) is 11.1 Å². The number of aryl methyl sites for hydroxylation is 1. The number of aliphatic hydroxyl groups is 1. The van der Waals surface area contributed by atoms with Crippen LogP contribution >= 0.6 is 0 Å². The molecule has 0 spiro atoms. The molecule has 0 fully saturated rings.